The van der Waals surface area contributed by atoms with Crippen molar-refractivity contribution >= 4 is 9.84 Å². The van der Waals surface area contributed by atoms with Crippen LogP contribution in [0.15, 0.2) is 41.3 Å². The van der Waals surface area contributed by atoms with Gasteiger partial charge in [0.25, 0.3) is 0 Å². The Bertz CT molecular complexity index is 1030. The van der Waals surface area contributed by atoms with E-state index < -0.39 is 9.84 Å². The molecule has 6 nitrogen and oxygen atoms in total. The van der Waals surface area contributed by atoms with Crippen molar-refractivity contribution in [3.05, 3.63) is 53.1 Å². The van der Waals surface area contributed by atoms with E-state index in [9.17, 15) is 18.9 Å². The summed E-state index contributed by atoms with van der Waals surface area (Å²) in [4.78, 5) is -0.326. The van der Waals surface area contributed by atoms with Crippen molar-refractivity contribution in [2.75, 3.05) is 0 Å². The van der Waals surface area contributed by atoms with Gasteiger partial charge in [0.2, 0.25) is 0 Å². The van der Waals surface area contributed by atoms with Crippen molar-refractivity contribution in [3.8, 4) is 23.6 Å². The number of benzene rings is 2. The largest absolute Gasteiger partial charge is 0.487 e. The Kier molecular flexibility index (Phi) is 6.66. The second kappa shape index (κ2) is 8.77. The fourth-order valence-corrected chi connectivity index (χ4v) is 4.36. The summed E-state index contributed by atoms with van der Waals surface area (Å²) in [6.45, 7) is 7.10. The van der Waals surface area contributed by atoms with Crippen LogP contribution in [-0.4, -0.2) is 20.6 Å². The Morgan fingerprint density at radius 1 is 0.964 bits per heavy atom. The summed E-state index contributed by atoms with van der Waals surface area (Å²) in [5.74, 6) is -0.116. The lowest BCUT2D eigenvalue weighted by Crippen LogP contribution is -2.16. The van der Waals surface area contributed by atoms with Crippen molar-refractivity contribution in [1.82, 2.24) is 0 Å². The highest BCUT2D eigenvalue weighted by atomic mass is 32.2. The molecule has 0 saturated heterocycles. The summed E-state index contributed by atoms with van der Waals surface area (Å²) in [7, 11) is -3.98. The van der Waals surface area contributed by atoms with Gasteiger partial charge in [0, 0.05) is 6.07 Å². The van der Waals surface area contributed by atoms with Crippen LogP contribution in [-0.2, 0) is 15.6 Å². The highest BCUT2D eigenvalue weighted by molar-refractivity contribution is 7.90. The summed E-state index contributed by atoms with van der Waals surface area (Å²) < 4.78 is 37.7. The normalized spacial score (nSPS) is 11.1. The van der Waals surface area contributed by atoms with E-state index in [1.54, 1.807) is 58.0 Å². The van der Waals surface area contributed by atoms with E-state index in [0.29, 0.717) is 5.56 Å². The van der Waals surface area contributed by atoms with Crippen molar-refractivity contribution < 1.29 is 17.9 Å². The van der Waals surface area contributed by atoms with Gasteiger partial charge >= 0.3 is 0 Å². The SMILES string of the molecule is CC(C)Oc1cc(C#N)c(S(=O)(=O)Cc2ccccc2)c(C#N)c1OC(C)C. The molecule has 0 atom stereocenters. The lowest BCUT2D eigenvalue weighted by molar-refractivity contribution is 0.197. The monoisotopic (exact) mass is 398 g/mol. The Labute approximate surface area is 165 Å². The molecule has 0 aromatic heterocycles. The number of nitriles is 2. The minimum Gasteiger partial charge on any atom is -0.487 e. The zero-order chi connectivity index (χ0) is 20.9. The van der Waals surface area contributed by atoms with Gasteiger partial charge in [-0.25, -0.2) is 8.42 Å². The van der Waals surface area contributed by atoms with E-state index in [0.717, 1.165) is 0 Å². The van der Waals surface area contributed by atoms with Crippen molar-refractivity contribution in [3.63, 3.8) is 0 Å². The lowest BCUT2D eigenvalue weighted by atomic mass is 10.1. The third-order valence-electron chi connectivity index (χ3n) is 3.66. The van der Waals surface area contributed by atoms with E-state index in [2.05, 4.69) is 0 Å². The molecule has 0 aliphatic rings. The molecule has 28 heavy (non-hydrogen) atoms. The molecule has 0 aliphatic carbocycles. The van der Waals surface area contributed by atoms with Crippen LogP contribution in [0.1, 0.15) is 44.4 Å². The van der Waals surface area contributed by atoms with Crippen LogP contribution < -0.4 is 9.47 Å². The van der Waals surface area contributed by atoms with Gasteiger partial charge in [-0.15, -0.1) is 0 Å². The van der Waals surface area contributed by atoms with Crippen LogP contribution in [0.25, 0.3) is 0 Å². The molecule has 0 unspecified atom stereocenters. The van der Waals surface area contributed by atoms with E-state index in [-0.39, 0.29) is 45.5 Å². The van der Waals surface area contributed by atoms with Crippen molar-refractivity contribution in [2.24, 2.45) is 0 Å². The number of rotatable bonds is 7. The zero-order valence-corrected chi connectivity index (χ0v) is 17.1. The smallest absolute Gasteiger partial charge is 0.185 e. The maximum Gasteiger partial charge on any atom is 0.185 e. The Morgan fingerprint density at radius 3 is 2.07 bits per heavy atom. The van der Waals surface area contributed by atoms with Gasteiger partial charge in [0.05, 0.1) is 23.5 Å². The van der Waals surface area contributed by atoms with E-state index in [1.165, 1.54) is 6.07 Å². The Morgan fingerprint density at radius 2 is 1.57 bits per heavy atom. The summed E-state index contributed by atoms with van der Waals surface area (Å²) in [5, 5.41) is 19.3. The fraction of sp³-hybridized carbons (Fsp3) is 0.333. The third kappa shape index (κ3) is 4.82. The van der Waals surface area contributed by atoms with Crippen LogP contribution in [0.2, 0.25) is 0 Å². The first-order valence-corrected chi connectivity index (χ1v) is 10.5. The highest BCUT2D eigenvalue weighted by Crippen LogP contribution is 2.40. The molecule has 0 aliphatic heterocycles. The molecule has 7 heteroatoms. The Balaban J connectivity index is 2.75. The van der Waals surface area contributed by atoms with Gasteiger partial charge in [0.1, 0.15) is 22.6 Å². The summed E-state index contributed by atoms with van der Waals surface area (Å²) in [6.07, 6.45) is -0.571. The molecule has 2 aromatic carbocycles. The first-order chi connectivity index (χ1) is 13.2. The van der Waals surface area contributed by atoms with Crippen LogP contribution in [0.5, 0.6) is 11.5 Å². The van der Waals surface area contributed by atoms with Crippen LogP contribution in [0, 0.1) is 22.7 Å². The van der Waals surface area contributed by atoms with Crippen molar-refractivity contribution in [1.29, 1.82) is 10.5 Å². The van der Waals surface area contributed by atoms with Crippen LogP contribution in [0.4, 0.5) is 0 Å². The molecular formula is C21H22N2O4S. The fourth-order valence-electron chi connectivity index (χ4n) is 2.69. The number of hydrogen-bond acceptors (Lipinski definition) is 6. The average molecular weight is 398 g/mol. The molecular weight excluding hydrogens is 376 g/mol. The molecule has 0 saturated carbocycles. The molecule has 2 aromatic rings. The van der Waals surface area contributed by atoms with E-state index in [4.69, 9.17) is 9.47 Å². The lowest BCUT2D eigenvalue weighted by Gasteiger charge is -2.20. The number of hydrogen-bond donors (Lipinski definition) is 0. The zero-order valence-electron chi connectivity index (χ0n) is 16.3. The molecule has 2 rings (SSSR count). The first-order valence-electron chi connectivity index (χ1n) is 8.80. The predicted octanol–water partition coefficient (Wildman–Crippen LogP) is 3.98. The van der Waals surface area contributed by atoms with Gasteiger partial charge in [0.15, 0.2) is 21.3 Å². The minimum atomic E-state index is -3.98. The molecule has 0 amide bonds. The molecule has 0 N–H and O–H groups in total. The van der Waals surface area contributed by atoms with Crippen molar-refractivity contribution in [2.45, 2.75) is 50.6 Å². The third-order valence-corrected chi connectivity index (χ3v) is 5.42. The maximum atomic E-state index is 13.1. The molecule has 0 fully saturated rings. The quantitative estimate of drug-likeness (QED) is 0.699. The molecule has 146 valence electrons. The van der Waals surface area contributed by atoms with Gasteiger partial charge < -0.3 is 9.47 Å². The molecule has 0 bridgehead atoms. The summed E-state index contributed by atoms with van der Waals surface area (Å²) in [6, 6.07) is 13.7. The average Bonchev–Trinajstić information content (AvgIpc) is 2.61. The number of ether oxygens (including phenoxy) is 2. The highest BCUT2D eigenvalue weighted by Gasteiger charge is 2.30. The molecule has 0 heterocycles. The van der Waals surface area contributed by atoms with Gasteiger partial charge in [-0.05, 0) is 33.3 Å². The first kappa shape index (κ1) is 21.3. The molecule has 0 radical (unpaired) electrons. The topological polar surface area (TPSA) is 100 Å². The van der Waals surface area contributed by atoms with Gasteiger partial charge in [-0.2, -0.15) is 10.5 Å². The van der Waals surface area contributed by atoms with Gasteiger partial charge in [-0.3, -0.25) is 0 Å². The standard InChI is InChI=1S/C21H22N2O4S/c1-14(2)26-19-10-17(11-22)21(18(12-23)20(19)27-15(3)4)28(24,25)13-16-8-6-5-7-9-16/h5-10,14-15H,13H2,1-4H3. The summed E-state index contributed by atoms with van der Waals surface area (Å²) >= 11 is 0. The van der Waals surface area contributed by atoms with E-state index >= 15 is 0 Å². The molecule has 0 spiro atoms. The number of sulfone groups is 1. The predicted molar refractivity (Wildman–Crippen MR) is 105 cm³/mol. The summed E-state index contributed by atoms with van der Waals surface area (Å²) in [5.41, 5.74) is 0.211. The van der Waals surface area contributed by atoms with E-state index in [1.807, 2.05) is 12.1 Å². The second-order valence-electron chi connectivity index (χ2n) is 6.76. The maximum absolute atomic E-state index is 13.1. The van der Waals surface area contributed by atoms with Crippen LogP contribution >= 0.6 is 0 Å². The minimum absolute atomic E-state index is 0.0387. The Hall–Kier alpha value is -3.03. The second-order valence-corrected chi connectivity index (χ2v) is 8.68. The number of nitrogens with zero attached hydrogens (tertiary/aromatic N) is 2. The van der Waals surface area contributed by atoms with Crippen LogP contribution in [0.3, 0.4) is 0 Å². The van der Waals surface area contributed by atoms with Gasteiger partial charge in [-0.1, -0.05) is 30.3 Å².